The van der Waals surface area contributed by atoms with Crippen LogP contribution < -0.4 is 5.73 Å². The first-order valence-corrected chi connectivity index (χ1v) is 7.15. The second-order valence-corrected chi connectivity index (χ2v) is 5.61. The third kappa shape index (κ3) is 2.59. The second kappa shape index (κ2) is 5.85. The zero-order chi connectivity index (χ0) is 13.1. The van der Waals surface area contributed by atoms with Crippen LogP contribution in [-0.4, -0.2) is 34.3 Å². The number of likely N-dealkylation sites (tertiary alicyclic amines) is 1. The Kier molecular flexibility index (Phi) is 4.40. The molecule has 0 spiro atoms. The third-order valence-corrected chi connectivity index (χ3v) is 3.93. The average molecular weight is 250 g/mol. The maximum absolute atomic E-state index is 5.93. The third-order valence-electron chi connectivity index (χ3n) is 3.93. The van der Waals surface area contributed by atoms with Gasteiger partial charge in [0.2, 0.25) is 0 Å². The van der Waals surface area contributed by atoms with Crippen LogP contribution in [0.4, 0.5) is 0 Å². The van der Waals surface area contributed by atoms with Crippen molar-refractivity contribution in [1.82, 2.24) is 14.7 Å². The molecule has 0 aliphatic carbocycles. The van der Waals surface area contributed by atoms with Gasteiger partial charge in [-0.25, -0.2) is 0 Å². The van der Waals surface area contributed by atoms with Gasteiger partial charge in [0.25, 0.3) is 0 Å². The molecular weight excluding hydrogens is 224 g/mol. The SMILES string of the molecule is CCCN1CCC(CN)C1c1cnn(C(C)C)c1. The van der Waals surface area contributed by atoms with E-state index in [2.05, 4.69) is 37.0 Å². The molecule has 0 bridgehead atoms. The van der Waals surface area contributed by atoms with Gasteiger partial charge in [0.1, 0.15) is 0 Å². The van der Waals surface area contributed by atoms with Gasteiger partial charge in [-0.15, -0.1) is 0 Å². The van der Waals surface area contributed by atoms with Gasteiger partial charge < -0.3 is 5.73 Å². The first-order valence-electron chi connectivity index (χ1n) is 7.15. The topological polar surface area (TPSA) is 47.1 Å². The molecule has 1 saturated heterocycles. The maximum atomic E-state index is 5.93. The summed E-state index contributed by atoms with van der Waals surface area (Å²) < 4.78 is 2.05. The largest absolute Gasteiger partial charge is 0.330 e. The van der Waals surface area contributed by atoms with Crippen molar-refractivity contribution in [2.24, 2.45) is 11.7 Å². The van der Waals surface area contributed by atoms with E-state index in [4.69, 9.17) is 5.73 Å². The Balaban J connectivity index is 2.20. The standard InChI is InChI=1S/C14H26N4/c1-4-6-17-7-5-12(8-15)14(17)13-9-16-18(10-13)11(2)3/h9-12,14H,4-8,15H2,1-3H3. The van der Waals surface area contributed by atoms with Crippen molar-refractivity contribution in [3.63, 3.8) is 0 Å². The molecule has 102 valence electrons. The van der Waals surface area contributed by atoms with Crippen molar-refractivity contribution in [2.45, 2.75) is 45.7 Å². The second-order valence-electron chi connectivity index (χ2n) is 5.61. The molecule has 0 saturated carbocycles. The van der Waals surface area contributed by atoms with E-state index in [1.54, 1.807) is 0 Å². The summed E-state index contributed by atoms with van der Waals surface area (Å²) in [6.07, 6.45) is 6.65. The molecule has 0 amide bonds. The molecule has 1 aliphatic rings. The van der Waals surface area contributed by atoms with E-state index >= 15 is 0 Å². The van der Waals surface area contributed by atoms with Gasteiger partial charge in [-0.05, 0) is 52.2 Å². The van der Waals surface area contributed by atoms with Crippen LogP contribution in [0.1, 0.15) is 51.3 Å². The number of hydrogen-bond donors (Lipinski definition) is 1. The van der Waals surface area contributed by atoms with E-state index in [0.29, 0.717) is 18.0 Å². The minimum absolute atomic E-state index is 0.427. The van der Waals surface area contributed by atoms with Crippen LogP contribution >= 0.6 is 0 Å². The molecular formula is C14H26N4. The lowest BCUT2D eigenvalue weighted by Crippen LogP contribution is -2.28. The number of aromatic nitrogens is 2. The highest BCUT2D eigenvalue weighted by molar-refractivity contribution is 5.15. The van der Waals surface area contributed by atoms with Crippen LogP contribution in [-0.2, 0) is 0 Å². The highest BCUT2D eigenvalue weighted by atomic mass is 15.3. The number of rotatable bonds is 5. The highest BCUT2D eigenvalue weighted by Crippen LogP contribution is 2.36. The van der Waals surface area contributed by atoms with E-state index in [1.165, 1.54) is 24.9 Å². The van der Waals surface area contributed by atoms with Crippen LogP contribution in [0.15, 0.2) is 12.4 Å². The molecule has 18 heavy (non-hydrogen) atoms. The molecule has 1 aromatic rings. The molecule has 0 aromatic carbocycles. The Morgan fingerprint density at radius 2 is 2.28 bits per heavy atom. The fraction of sp³-hybridized carbons (Fsp3) is 0.786. The maximum Gasteiger partial charge on any atom is 0.0537 e. The fourth-order valence-electron chi connectivity index (χ4n) is 2.98. The zero-order valence-corrected chi connectivity index (χ0v) is 11.8. The average Bonchev–Trinajstić information content (AvgIpc) is 2.94. The van der Waals surface area contributed by atoms with Crippen LogP contribution in [0.5, 0.6) is 0 Å². The summed E-state index contributed by atoms with van der Waals surface area (Å²) in [5.74, 6) is 0.585. The molecule has 2 heterocycles. The molecule has 4 heteroatoms. The summed E-state index contributed by atoms with van der Waals surface area (Å²) in [6, 6.07) is 0.901. The van der Waals surface area contributed by atoms with Crippen molar-refractivity contribution in [3.05, 3.63) is 18.0 Å². The molecule has 2 unspecified atom stereocenters. The summed E-state index contributed by atoms with van der Waals surface area (Å²) in [5, 5.41) is 4.47. The van der Waals surface area contributed by atoms with Crippen molar-refractivity contribution >= 4 is 0 Å². The minimum Gasteiger partial charge on any atom is -0.330 e. The Morgan fingerprint density at radius 1 is 1.50 bits per heavy atom. The van der Waals surface area contributed by atoms with Crippen molar-refractivity contribution in [1.29, 1.82) is 0 Å². The summed E-state index contributed by atoms with van der Waals surface area (Å²) in [7, 11) is 0. The van der Waals surface area contributed by atoms with Crippen molar-refractivity contribution in [3.8, 4) is 0 Å². The van der Waals surface area contributed by atoms with Crippen molar-refractivity contribution < 1.29 is 0 Å². The smallest absolute Gasteiger partial charge is 0.0537 e. The fourth-order valence-corrected chi connectivity index (χ4v) is 2.98. The van der Waals surface area contributed by atoms with Crippen LogP contribution in [0.25, 0.3) is 0 Å². The van der Waals surface area contributed by atoms with Gasteiger partial charge in [-0.1, -0.05) is 6.92 Å². The first-order chi connectivity index (χ1) is 8.67. The van der Waals surface area contributed by atoms with Gasteiger partial charge in [0.05, 0.1) is 6.20 Å². The summed E-state index contributed by atoms with van der Waals surface area (Å²) in [4.78, 5) is 2.57. The first kappa shape index (κ1) is 13.6. The zero-order valence-electron chi connectivity index (χ0n) is 11.8. The monoisotopic (exact) mass is 250 g/mol. The van der Waals surface area contributed by atoms with Crippen molar-refractivity contribution in [2.75, 3.05) is 19.6 Å². The number of hydrogen-bond acceptors (Lipinski definition) is 3. The Bertz CT molecular complexity index is 372. The van der Waals surface area contributed by atoms with E-state index < -0.39 is 0 Å². The van der Waals surface area contributed by atoms with E-state index in [-0.39, 0.29) is 0 Å². The van der Waals surface area contributed by atoms with E-state index in [1.807, 2.05) is 10.9 Å². The molecule has 1 aromatic heterocycles. The van der Waals surface area contributed by atoms with E-state index in [0.717, 1.165) is 13.1 Å². The summed E-state index contributed by atoms with van der Waals surface area (Å²) in [5.41, 5.74) is 7.27. The van der Waals surface area contributed by atoms with E-state index in [9.17, 15) is 0 Å². The predicted molar refractivity (Wildman–Crippen MR) is 74.4 cm³/mol. The van der Waals surface area contributed by atoms with Gasteiger partial charge in [0, 0.05) is 23.8 Å². The molecule has 2 atom stereocenters. The molecule has 1 aliphatic heterocycles. The van der Waals surface area contributed by atoms with Gasteiger partial charge >= 0.3 is 0 Å². The summed E-state index contributed by atoms with van der Waals surface area (Å²) in [6.45, 7) is 9.68. The van der Waals surface area contributed by atoms with Crippen LogP contribution in [0.3, 0.4) is 0 Å². The lowest BCUT2D eigenvalue weighted by atomic mass is 9.96. The van der Waals surface area contributed by atoms with Crippen LogP contribution in [0, 0.1) is 5.92 Å². The quantitative estimate of drug-likeness (QED) is 0.871. The minimum atomic E-state index is 0.427. The Morgan fingerprint density at radius 3 is 2.83 bits per heavy atom. The highest BCUT2D eigenvalue weighted by Gasteiger charge is 2.34. The summed E-state index contributed by atoms with van der Waals surface area (Å²) >= 11 is 0. The lowest BCUT2D eigenvalue weighted by molar-refractivity contribution is 0.230. The van der Waals surface area contributed by atoms with Gasteiger partial charge in [0.15, 0.2) is 0 Å². The van der Waals surface area contributed by atoms with Gasteiger partial charge in [-0.3, -0.25) is 9.58 Å². The molecule has 1 fully saturated rings. The predicted octanol–water partition coefficient (Wildman–Crippen LogP) is 2.20. The lowest BCUT2D eigenvalue weighted by Gasteiger charge is -2.26. The van der Waals surface area contributed by atoms with Crippen LogP contribution in [0.2, 0.25) is 0 Å². The number of nitrogens with two attached hydrogens (primary N) is 1. The number of nitrogens with zero attached hydrogens (tertiary/aromatic N) is 3. The Labute approximate surface area is 110 Å². The molecule has 4 nitrogen and oxygen atoms in total. The Hall–Kier alpha value is -0.870. The molecule has 2 N–H and O–H groups in total. The molecule has 0 radical (unpaired) electrons. The van der Waals surface area contributed by atoms with Gasteiger partial charge in [-0.2, -0.15) is 5.10 Å². The normalized spacial score (nSPS) is 25.2. The molecule has 2 rings (SSSR count).